The summed E-state index contributed by atoms with van der Waals surface area (Å²) in [6.45, 7) is 2.06. The van der Waals surface area contributed by atoms with E-state index < -0.39 is 5.97 Å². The summed E-state index contributed by atoms with van der Waals surface area (Å²) < 4.78 is 16.0. The van der Waals surface area contributed by atoms with Gasteiger partial charge in [-0.25, -0.2) is 4.79 Å². The van der Waals surface area contributed by atoms with E-state index >= 15 is 0 Å². The van der Waals surface area contributed by atoms with Crippen LogP contribution in [0.25, 0.3) is 0 Å². The maximum absolute atomic E-state index is 10.8. The molecule has 1 atom stereocenters. The van der Waals surface area contributed by atoms with Crippen molar-refractivity contribution in [1.29, 1.82) is 0 Å². The molecule has 0 aromatic heterocycles. The average molecular weight is 252 g/mol. The quantitative estimate of drug-likeness (QED) is 0.865. The summed E-state index contributed by atoms with van der Waals surface area (Å²) in [7, 11) is 1.49. The number of hydrogen-bond donors (Lipinski definition) is 1. The first-order valence-corrected chi connectivity index (χ1v) is 5.82. The van der Waals surface area contributed by atoms with Gasteiger partial charge in [0.25, 0.3) is 0 Å². The highest BCUT2D eigenvalue weighted by Crippen LogP contribution is 2.29. The number of carbonyl (C=O) groups is 1. The first-order valence-electron chi connectivity index (χ1n) is 5.82. The molecule has 2 rings (SSSR count). The number of methoxy groups -OCH3 is 1. The van der Waals surface area contributed by atoms with Gasteiger partial charge in [-0.3, -0.25) is 0 Å². The Kier molecular flexibility index (Phi) is 4.04. The summed E-state index contributed by atoms with van der Waals surface area (Å²) in [6.07, 6.45) is 0.996. The lowest BCUT2D eigenvalue weighted by Crippen LogP contribution is -2.12. The molecule has 0 radical (unpaired) electrons. The molecule has 0 spiro atoms. The number of aromatic carboxylic acids is 1. The fourth-order valence-corrected chi connectivity index (χ4v) is 1.84. The van der Waals surface area contributed by atoms with Crippen molar-refractivity contribution >= 4 is 5.97 Å². The zero-order valence-corrected chi connectivity index (χ0v) is 10.2. The van der Waals surface area contributed by atoms with Crippen molar-refractivity contribution in [1.82, 2.24) is 0 Å². The molecule has 1 unspecified atom stereocenters. The molecule has 1 aromatic rings. The second-order valence-corrected chi connectivity index (χ2v) is 4.21. The standard InChI is InChI=1S/C13H16O5/c1-16-12-6-10(13(14)15)2-3-11(12)18-8-9-4-5-17-7-9/h2-3,6,9H,4-5,7-8H2,1H3,(H,14,15). The third-order valence-corrected chi connectivity index (χ3v) is 2.91. The van der Waals surface area contributed by atoms with E-state index in [0.29, 0.717) is 24.0 Å². The molecule has 98 valence electrons. The van der Waals surface area contributed by atoms with Crippen LogP contribution in [-0.4, -0.2) is 38.0 Å². The molecular formula is C13H16O5. The van der Waals surface area contributed by atoms with Crippen LogP contribution in [0.4, 0.5) is 0 Å². The molecule has 1 fully saturated rings. The van der Waals surface area contributed by atoms with Crippen molar-refractivity contribution in [2.75, 3.05) is 26.9 Å². The Morgan fingerprint density at radius 1 is 1.50 bits per heavy atom. The van der Waals surface area contributed by atoms with Crippen molar-refractivity contribution < 1.29 is 24.1 Å². The zero-order valence-electron chi connectivity index (χ0n) is 10.2. The second kappa shape index (κ2) is 5.73. The second-order valence-electron chi connectivity index (χ2n) is 4.21. The lowest BCUT2D eigenvalue weighted by molar-refractivity contribution is 0.0696. The molecule has 1 heterocycles. The highest BCUT2D eigenvalue weighted by atomic mass is 16.5. The van der Waals surface area contributed by atoms with Gasteiger partial charge in [-0.1, -0.05) is 0 Å². The van der Waals surface area contributed by atoms with Crippen LogP contribution in [0.1, 0.15) is 16.8 Å². The minimum Gasteiger partial charge on any atom is -0.493 e. The van der Waals surface area contributed by atoms with Gasteiger partial charge in [0.05, 0.1) is 25.9 Å². The monoisotopic (exact) mass is 252 g/mol. The van der Waals surface area contributed by atoms with Gasteiger partial charge in [-0.05, 0) is 24.6 Å². The molecule has 1 saturated heterocycles. The number of benzene rings is 1. The van der Waals surface area contributed by atoms with Crippen molar-refractivity contribution in [2.45, 2.75) is 6.42 Å². The van der Waals surface area contributed by atoms with E-state index in [1.54, 1.807) is 6.07 Å². The van der Waals surface area contributed by atoms with Crippen molar-refractivity contribution in [2.24, 2.45) is 5.92 Å². The highest BCUT2D eigenvalue weighted by Gasteiger charge is 2.17. The Morgan fingerprint density at radius 3 is 2.94 bits per heavy atom. The van der Waals surface area contributed by atoms with Crippen molar-refractivity contribution in [3.8, 4) is 11.5 Å². The summed E-state index contributed by atoms with van der Waals surface area (Å²) in [4.78, 5) is 10.8. The maximum Gasteiger partial charge on any atom is 0.335 e. The molecule has 0 amide bonds. The SMILES string of the molecule is COc1cc(C(=O)O)ccc1OCC1CCOC1. The third kappa shape index (κ3) is 2.92. The van der Waals surface area contributed by atoms with E-state index in [1.807, 2.05) is 0 Å². The van der Waals surface area contributed by atoms with Gasteiger partial charge in [0.1, 0.15) is 0 Å². The van der Waals surface area contributed by atoms with Crippen LogP contribution in [0.3, 0.4) is 0 Å². The fourth-order valence-electron chi connectivity index (χ4n) is 1.84. The number of rotatable bonds is 5. The molecule has 0 saturated carbocycles. The summed E-state index contributed by atoms with van der Waals surface area (Å²) in [6, 6.07) is 4.59. The topological polar surface area (TPSA) is 65.0 Å². The Morgan fingerprint density at radius 2 is 2.33 bits per heavy atom. The zero-order chi connectivity index (χ0) is 13.0. The van der Waals surface area contributed by atoms with Crippen LogP contribution in [0.5, 0.6) is 11.5 Å². The van der Waals surface area contributed by atoms with E-state index in [1.165, 1.54) is 19.2 Å². The van der Waals surface area contributed by atoms with Crippen LogP contribution in [0.15, 0.2) is 18.2 Å². The van der Waals surface area contributed by atoms with Gasteiger partial charge in [0.15, 0.2) is 11.5 Å². The molecule has 5 nitrogen and oxygen atoms in total. The summed E-state index contributed by atoms with van der Waals surface area (Å²) in [5.74, 6) is 0.418. The van der Waals surface area contributed by atoms with E-state index in [2.05, 4.69) is 0 Å². The Labute approximate surface area is 105 Å². The van der Waals surface area contributed by atoms with Crippen LogP contribution >= 0.6 is 0 Å². The Balaban J connectivity index is 2.04. The van der Waals surface area contributed by atoms with E-state index in [0.717, 1.165) is 19.6 Å². The predicted molar refractivity (Wildman–Crippen MR) is 64.4 cm³/mol. The highest BCUT2D eigenvalue weighted by molar-refractivity contribution is 5.88. The van der Waals surface area contributed by atoms with Gasteiger partial charge in [0.2, 0.25) is 0 Å². The van der Waals surface area contributed by atoms with Crippen molar-refractivity contribution in [3.05, 3.63) is 23.8 Å². The predicted octanol–water partition coefficient (Wildman–Crippen LogP) is 1.81. The fraction of sp³-hybridized carbons (Fsp3) is 0.462. The molecule has 1 aliphatic rings. The normalized spacial score (nSPS) is 18.6. The van der Waals surface area contributed by atoms with Crippen LogP contribution < -0.4 is 9.47 Å². The van der Waals surface area contributed by atoms with Crippen molar-refractivity contribution in [3.63, 3.8) is 0 Å². The summed E-state index contributed by atoms with van der Waals surface area (Å²) >= 11 is 0. The van der Waals surface area contributed by atoms with Gasteiger partial charge < -0.3 is 19.3 Å². The van der Waals surface area contributed by atoms with Crippen LogP contribution in [0, 0.1) is 5.92 Å². The lowest BCUT2D eigenvalue weighted by Gasteiger charge is -2.13. The molecule has 18 heavy (non-hydrogen) atoms. The minimum atomic E-state index is -0.982. The van der Waals surface area contributed by atoms with Crippen LogP contribution in [-0.2, 0) is 4.74 Å². The summed E-state index contributed by atoms with van der Waals surface area (Å²) in [5.41, 5.74) is 0.184. The maximum atomic E-state index is 10.8. The van der Waals surface area contributed by atoms with Gasteiger partial charge in [-0.15, -0.1) is 0 Å². The van der Waals surface area contributed by atoms with Gasteiger partial charge >= 0.3 is 5.97 Å². The minimum absolute atomic E-state index is 0.184. The smallest absolute Gasteiger partial charge is 0.335 e. The molecule has 1 aliphatic heterocycles. The first-order chi connectivity index (χ1) is 8.70. The number of carboxylic acids is 1. The average Bonchev–Trinajstić information content (AvgIpc) is 2.89. The number of ether oxygens (including phenoxy) is 3. The Bertz CT molecular complexity index is 423. The van der Waals surface area contributed by atoms with E-state index in [-0.39, 0.29) is 5.56 Å². The van der Waals surface area contributed by atoms with E-state index in [9.17, 15) is 4.79 Å². The number of hydrogen-bond acceptors (Lipinski definition) is 4. The van der Waals surface area contributed by atoms with E-state index in [4.69, 9.17) is 19.3 Å². The largest absolute Gasteiger partial charge is 0.493 e. The van der Waals surface area contributed by atoms with Gasteiger partial charge in [-0.2, -0.15) is 0 Å². The van der Waals surface area contributed by atoms with Crippen LogP contribution in [0.2, 0.25) is 0 Å². The lowest BCUT2D eigenvalue weighted by atomic mass is 10.1. The molecule has 0 aliphatic carbocycles. The molecule has 1 N–H and O–H groups in total. The molecule has 5 heteroatoms. The summed E-state index contributed by atoms with van der Waals surface area (Å²) in [5, 5.41) is 8.89. The third-order valence-electron chi connectivity index (χ3n) is 2.91. The molecular weight excluding hydrogens is 236 g/mol. The first kappa shape index (κ1) is 12.7. The number of carboxylic acid groups (broad SMARTS) is 1. The molecule has 0 bridgehead atoms. The molecule has 1 aromatic carbocycles. The van der Waals surface area contributed by atoms with Gasteiger partial charge in [0, 0.05) is 12.5 Å². The Hall–Kier alpha value is -1.75.